The van der Waals surface area contributed by atoms with Crippen LogP contribution in [0.1, 0.15) is 18.7 Å². The Morgan fingerprint density at radius 2 is 2.54 bits per heavy atom. The number of rotatable bonds is 3. The summed E-state index contributed by atoms with van der Waals surface area (Å²) in [4.78, 5) is 10.9. The molecule has 0 aromatic carbocycles. The van der Waals surface area contributed by atoms with Gasteiger partial charge in [0.1, 0.15) is 0 Å². The molecule has 0 aliphatic rings. The molecule has 0 fully saturated rings. The highest BCUT2D eigenvalue weighted by Crippen LogP contribution is 2.07. The zero-order valence-electron chi connectivity index (χ0n) is 7.69. The molecule has 5 nitrogen and oxygen atoms in total. The van der Waals surface area contributed by atoms with E-state index in [4.69, 9.17) is 0 Å². The van der Waals surface area contributed by atoms with E-state index in [9.17, 15) is 4.79 Å². The molecule has 0 aliphatic carbocycles. The summed E-state index contributed by atoms with van der Waals surface area (Å²) in [6, 6.07) is -0.106. The molecule has 0 radical (unpaired) electrons. The van der Waals surface area contributed by atoms with Crippen molar-refractivity contribution < 1.29 is 4.79 Å². The van der Waals surface area contributed by atoms with Gasteiger partial charge in [0.15, 0.2) is 0 Å². The normalized spacial score (nSPS) is 12.2. The molecular formula is C8H12N4O. The summed E-state index contributed by atoms with van der Waals surface area (Å²) in [5.41, 5.74) is 0.857. The van der Waals surface area contributed by atoms with Gasteiger partial charge >= 0.3 is 0 Å². The lowest BCUT2D eigenvalue weighted by atomic mass is 10.2. The first-order valence-corrected chi connectivity index (χ1v) is 3.92. The quantitative estimate of drug-likeness (QED) is 0.675. The minimum atomic E-state index is -0.200. The van der Waals surface area contributed by atoms with Gasteiger partial charge < -0.3 is 5.32 Å². The summed E-state index contributed by atoms with van der Waals surface area (Å²) in [5.74, 6) is -0.200. The summed E-state index contributed by atoms with van der Waals surface area (Å²) in [7, 11) is 1.78. The van der Waals surface area contributed by atoms with Gasteiger partial charge in [-0.25, -0.2) is 0 Å². The third-order valence-corrected chi connectivity index (χ3v) is 1.74. The van der Waals surface area contributed by atoms with Crippen molar-refractivity contribution in [3.63, 3.8) is 0 Å². The largest absolute Gasteiger partial charge is 0.344 e. The van der Waals surface area contributed by atoms with Crippen molar-refractivity contribution in [2.45, 2.75) is 13.0 Å². The predicted octanol–water partition coefficient (Wildman–Crippen LogP) is 0.178. The van der Waals surface area contributed by atoms with Gasteiger partial charge in [-0.1, -0.05) is 11.8 Å². The molecule has 13 heavy (non-hydrogen) atoms. The van der Waals surface area contributed by atoms with Crippen LogP contribution in [-0.2, 0) is 11.8 Å². The van der Waals surface area contributed by atoms with Crippen LogP contribution in [0.2, 0.25) is 0 Å². The molecule has 0 unspecified atom stereocenters. The highest BCUT2D eigenvalue weighted by Gasteiger charge is 2.10. The maximum Gasteiger partial charge on any atom is 0.243 e. The summed E-state index contributed by atoms with van der Waals surface area (Å²) in [6.45, 7) is 5.23. The topological polar surface area (TPSA) is 59.8 Å². The lowest BCUT2D eigenvalue weighted by Gasteiger charge is -2.11. The van der Waals surface area contributed by atoms with Crippen molar-refractivity contribution in [1.29, 1.82) is 0 Å². The molecule has 1 heterocycles. The molecule has 0 aliphatic heterocycles. The maximum absolute atomic E-state index is 10.9. The molecule has 1 N–H and O–H groups in total. The smallest absolute Gasteiger partial charge is 0.243 e. The fraction of sp³-hybridized carbons (Fsp3) is 0.375. The summed E-state index contributed by atoms with van der Waals surface area (Å²) >= 11 is 0. The van der Waals surface area contributed by atoms with E-state index in [0.717, 1.165) is 5.69 Å². The highest BCUT2D eigenvalue weighted by molar-refractivity contribution is 5.87. The van der Waals surface area contributed by atoms with Gasteiger partial charge in [-0.3, -0.25) is 9.48 Å². The zero-order chi connectivity index (χ0) is 9.84. The fourth-order valence-electron chi connectivity index (χ4n) is 1.04. The van der Waals surface area contributed by atoms with Gasteiger partial charge in [-0.2, -0.15) is 0 Å². The molecular weight excluding hydrogens is 168 g/mol. The maximum atomic E-state index is 10.9. The van der Waals surface area contributed by atoms with E-state index >= 15 is 0 Å². The van der Waals surface area contributed by atoms with E-state index in [1.165, 1.54) is 6.08 Å². The first kappa shape index (κ1) is 9.44. The van der Waals surface area contributed by atoms with Crippen LogP contribution in [0.4, 0.5) is 0 Å². The molecule has 1 aromatic rings. The Labute approximate surface area is 76.4 Å². The third kappa shape index (κ3) is 2.14. The van der Waals surface area contributed by atoms with Crippen molar-refractivity contribution in [3.8, 4) is 0 Å². The van der Waals surface area contributed by atoms with Gasteiger partial charge in [0, 0.05) is 7.05 Å². The first-order chi connectivity index (χ1) is 6.15. The van der Waals surface area contributed by atoms with Crippen LogP contribution in [0.25, 0.3) is 0 Å². The van der Waals surface area contributed by atoms with Gasteiger partial charge in [0.2, 0.25) is 5.91 Å². The number of carbonyl (C=O) groups excluding carboxylic acids is 1. The monoisotopic (exact) mass is 180 g/mol. The van der Waals surface area contributed by atoms with Gasteiger partial charge in [0.05, 0.1) is 17.9 Å². The van der Waals surface area contributed by atoms with Gasteiger partial charge in [0.25, 0.3) is 0 Å². The van der Waals surface area contributed by atoms with E-state index in [1.807, 2.05) is 6.92 Å². The van der Waals surface area contributed by atoms with Crippen molar-refractivity contribution in [2.75, 3.05) is 0 Å². The molecule has 1 amide bonds. The second-order valence-electron chi connectivity index (χ2n) is 2.72. The molecule has 5 heteroatoms. The summed E-state index contributed by atoms with van der Waals surface area (Å²) in [5, 5.41) is 10.2. The minimum absolute atomic E-state index is 0.106. The second kappa shape index (κ2) is 3.84. The van der Waals surface area contributed by atoms with Crippen molar-refractivity contribution in [3.05, 3.63) is 24.5 Å². The standard InChI is InChI=1S/C8H12N4O/c1-4-8(13)10-6(2)7-5-9-11-12(7)3/h4-6H,1H2,2-3H3,(H,10,13)/t6-/m1/s1. The SMILES string of the molecule is C=CC(=O)N[C@H](C)c1cnnn1C. The zero-order valence-corrected chi connectivity index (χ0v) is 7.69. The Morgan fingerprint density at radius 3 is 3.00 bits per heavy atom. The van der Waals surface area contributed by atoms with Crippen molar-refractivity contribution in [1.82, 2.24) is 20.3 Å². The minimum Gasteiger partial charge on any atom is -0.344 e. The number of nitrogens with zero attached hydrogens (tertiary/aromatic N) is 3. The number of hydrogen-bond acceptors (Lipinski definition) is 3. The molecule has 0 bridgehead atoms. The highest BCUT2D eigenvalue weighted by atomic mass is 16.1. The van der Waals surface area contributed by atoms with Crippen LogP contribution in [0.5, 0.6) is 0 Å². The third-order valence-electron chi connectivity index (χ3n) is 1.74. The number of aromatic nitrogens is 3. The van der Waals surface area contributed by atoms with E-state index in [2.05, 4.69) is 22.2 Å². The molecule has 1 aromatic heterocycles. The average molecular weight is 180 g/mol. The Morgan fingerprint density at radius 1 is 1.85 bits per heavy atom. The average Bonchev–Trinajstić information content (AvgIpc) is 2.51. The van der Waals surface area contributed by atoms with Crippen molar-refractivity contribution >= 4 is 5.91 Å². The van der Waals surface area contributed by atoms with Gasteiger partial charge in [-0.15, -0.1) is 5.10 Å². The van der Waals surface area contributed by atoms with Crippen LogP contribution < -0.4 is 5.32 Å². The Bertz CT molecular complexity index is 318. The Hall–Kier alpha value is -1.65. The second-order valence-corrected chi connectivity index (χ2v) is 2.72. The van der Waals surface area contributed by atoms with Crippen molar-refractivity contribution in [2.24, 2.45) is 7.05 Å². The van der Waals surface area contributed by atoms with E-state index in [0.29, 0.717) is 0 Å². The van der Waals surface area contributed by atoms with Crippen LogP contribution >= 0.6 is 0 Å². The molecule has 0 spiro atoms. The predicted molar refractivity (Wildman–Crippen MR) is 47.8 cm³/mol. The Balaban J connectivity index is 2.68. The summed E-state index contributed by atoms with van der Waals surface area (Å²) in [6.07, 6.45) is 2.86. The molecule has 70 valence electrons. The lowest BCUT2D eigenvalue weighted by Crippen LogP contribution is -2.26. The van der Waals surface area contributed by atoms with Crippen LogP contribution in [0.15, 0.2) is 18.9 Å². The molecule has 0 saturated carbocycles. The van der Waals surface area contributed by atoms with Gasteiger partial charge in [-0.05, 0) is 13.0 Å². The lowest BCUT2D eigenvalue weighted by molar-refractivity contribution is -0.117. The fourth-order valence-corrected chi connectivity index (χ4v) is 1.04. The van der Waals surface area contributed by atoms with E-state index in [-0.39, 0.29) is 11.9 Å². The number of hydrogen-bond donors (Lipinski definition) is 1. The van der Waals surface area contributed by atoms with E-state index in [1.54, 1.807) is 17.9 Å². The number of carbonyl (C=O) groups is 1. The van der Waals surface area contributed by atoms with Crippen LogP contribution in [-0.4, -0.2) is 20.9 Å². The van der Waals surface area contributed by atoms with Crippen LogP contribution in [0, 0.1) is 0 Å². The number of aryl methyl sites for hydroxylation is 1. The number of amides is 1. The Kier molecular flexibility index (Phi) is 2.79. The molecule has 1 atom stereocenters. The summed E-state index contributed by atoms with van der Waals surface area (Å²) < 4.78 is 1.62. The van der Waals surface area contributed by atoms with Crippen LogP contribution in [0.3, 0.4) is 0 Å². The molecule has 1 rings (SSSR count). The number of nitrogens with one attached hydrogen (secondary N) is 1. The molecule has 0 saturated heterocycles. The first-order valence-electron chi connectivity index (χ1n) is 3.92. The van der Waals surface area contributed by atoms with E-state index < -0.39 is 0 Å².